The third kappa shape index (κ3) is 3.98. The maximum Gasteiger partial charge on any atom is 0.416 e. The number of alkyl halides is 3. The van der Waals surface area contributed by atoms with Crippen LogP contribution in [0, 0.1) is 6.92 Å². The van der Waals surface area contributed by atoms with Crippen LogP contribution in [0.1, 0.15) is 24.0 Å². The van der Waals surface area contributed by atoms with Crippen molar-refractivity contribution in [3.63, 3.8) is 0 Å². The highest BCUT2D eigenvalue weighted by Crippen LogP contribution is 2.38. The molecule has 3 aromatic rings. The Hall–Kier alpha value is -2.88. The zero-order chi connectivity index (χ0) is 20.8. The van der Waals surface area contributed by atoms with Crippen molar-refractivity contribution >= 4 is 11.6 Å². The second-order valence-corrected chi connectivity index (χ2v) is 7.43. The second kappa shape index (κ2) is 7.18. The second-order valence-electron chi connectivity index (χ2n) is 7.43. The Morgan fingerprint density at radius 3 is 2.69 bits per heavy atom. The zero-order valence-corrected chi connectivity index (χ0v) is 16.0. The summed E-state index contributed by atoms with van der Waals surface area (Å²) < 4.78 is 40.2. The number of nitrogens with zero attached hydrogens (tertiary/aromatic N) is 5. The summed E-state index contributed by atoms with van der Waals surface area (Å²) in [5.41, 5.74) is 0.424. The first kappa shape index (κ1) is 19.4. The first-order valence-electron chi connectivity index (χ1n) is 9.31. The SMILES string of the molecule is Cc1cc(C(F)(F)F)cc(O)c1-c1ccc2nc(N[C@@H]3CCCN(C)C3)nn2n1. The van der Waals surface area contributed by atoms with Gasteiger partial charge in [0.1, 0.15) is 5.75 Å². The lowest BCUT2D eigenvalue weighted by atomic mass is 10.0. The van der Waals surface area contributed by atoms with Gasteiger partial charge in [0, 0.05) is 18.2 Å². The van der Waals surface area contributed by atoms with Crippen LogP contribution in [0.25, 0.3) is 16.9 Å². The van der Waals surface area contributed by atoms with E-state index in [1.54, 1.807) is 12.1 Å². The van der Waals surface area contributed by atoms with E-state index >= 15 is 0 Å². The third-order valence-electron chi connectivity index (χ3n) is 5.06. The smallest absolute Gasteiger partial charge is 0.416 e. The van der Waals surface area contributed by atoms with E-state index in [9.17, 15) is 18.3 Å². The number of fused-ring (bicyclic) bond motifs is 1. The summed E-state index contributed by atoms with van der Waals surface area (Å²) in [4.78, 5) is 6.65. The Balaban J connectivity index is 1.64. The Morgan fingerprint density at radius 2 is 2.00 bits per heavy atom. The molecule has 3 heterocycles. The third-order valence-corrected chi connectivity index (χ3v) is 5.06. The number of nitrogens with one attached hydrogen (secondary N) is 1. The quantitative estimate of drug-likeness (QED) is 0.695. The zero-order valence-electron chi connectivity index (χ0n) is 16.0. The van der Waals surface area contributed by atoms with Gasteiger partial charge in [-0.15, -0.1) is 14.8 Å². The van der Waals surface area contributed by atoms with E-state index in [2.05, 4.69) is 32.4 Å². The number of hydrogen-bond acceptors (Lipinski definition) is 6. The average molecular weight is 406 g/mol. The Morgan fingerprint density at radius 1 is 1.21 bits per heavy atom. The highest BCUT2D eigenvalue weighted by atomic mass is 19.4. The van der Waals surface area contributed by atoms with E-state index < -0.39 is 17.5 Å². The minimum Gasteiger partial charge on any atom is -0.507 e. The van der Waals surface area contributed by atoms with E-state index in [1.165, 1.54) is 11.6 Å². The van der Waals surface area contributed by atoms with Gasteiger partial charge in [0.2, 0.25) is 5.95 Å². The molecule has 1 atom stereocenters. The fourth-order valence-electron chi connectivity index (χ4n) is 3.71. The molecule has 29 heavy (non-hydrogen) atoms. The van der Waals surface area contributed by atoms with Gasteiger partial charge in [-0.05, 0) is 63.2 Å². The van der Waals surface area contributed by atoms with Crippen molar-refractivity contribution in [3.05, 3.63) is 35.4 Å². The number of phenolic OH excluding ortho intramolecular Hbond substituents is 1. The predicted octanol–water partition coefficient (Wildman–Crippen LogP) is 3.33. The molecule has 2 N–H and O–H groups in total. The van der Waals surface area contributed by atoms with Crippen molar-refractivity contribution in [2.24, 2.45) is 0 Å². The van der Waals surface area contributed by atoms with Crippen molar-refractivity contribution in [2.45, 2.75) is 32.0 Å². The Bertz CT molecular complexity index is 1030. The van der Waals surface area contributed by atoms with Crippen LogP contribution in [-0.2, 0) is 6.18 Å². The summed E-state index contributed by atoms with van der Waals surface area (Å²) in [5, 5.41) is 22.2. The van der Waals surface area contributed by atoms with Crippen LogP contribution < -0.4 is 5.32 Å². The summed E-state index contributed by atoms with van der Waals surface area (Å²) in [6.07, 6.45) is -2.41. The lowest BCUT2D eigenvalue weighted by molar-refractivity contribution is -0.137. The van der Waals surface area contributed by atoms with Gasteiger partial charge in [-0.1, -0.05) is 0 Å². The first-order valence-corrected chi connectivity index (χ1v) is 9.31. The van der Waals surface area contributed by atoms with Gasteiger partial charge in [-0.3, -0.25) is 0 Å². The normalized spacial score (nSPS) is 18.3. The van der Waals surface area contributed by atoms with E-state index in [1.807, 2.05) is 0 Å². The number of anilines is 1. The van der Waals surface area contributed by atoms with Crippen molar-refractivity contribution in [1.82, 2.24) is 24.7 Å². The highest BCUT2D eigenvalue weighted by Gasteiger charge is 2.32. The number of likely N-dealkylation sites (tertiary alicyclic amines) is 1. The minimum absolute atomic E-state index is 0.235. The molecule has 1 aliphatic rings. The average Bonchev–Trinajstić information content (AvgIpc) is 3.02. The number of hydrogen-bond donors (Lipinski definition) is 2. The largest absolute Gasteiger partial charge is 0.507 e. The standard InChI is InChI=1S/C19H21F3N6O/c1-11-8-12(19(20,21)22)9-15(29)17(11)14-5-6-16-24-18(26-28(16)25-14)23-13-4-3-7-27(2)10-13/h5-6,8-9,13,29H,3-4,7,10H2,1-2H3,(H,23,26)/t13-/m1/s1. The summed E-state index contributed by atoms with van der Waals surface area (Å²) in [5.74, 6) is -0.0313. The Labute approximate surface area is 165 Å². The van der Waals surface area contributed by atoms with Crippen LogP contribution in [0.5, 0.6) is 5.75 Å². The molecular weight excluding hydrogens is 385 g/mol. The fourth-order valence-corrected chi connectivity index (χ4v) is 3.71. The van der Waals surface area contributed by atoms with Crippen molar-refractivity contribution in [1.29, 1.82) is 0 Å². The van der Waals surface area contributed by atoms with E-state index in [-0.39, 0.29) is 17.2 Å². The van der Waals surface area contributed by atoms with Crippen LogP contribution in [0.4, 0.5) is 19.1 Å². The van der Waals surface area contributed by atoms with Gasteiger partial charge >= 0.3 is 6.18 Å². The van der Waals surface area contributed by atoms with Gasteiger partial charge in [0.15, 0.2) is 5.65 Å². The fraction of sp³-hybridized carbons (Fsp3) is 0.421. The van der Waals surface area contributed by atoms with Gasteiger partial charge in [0.25, 0.3) is 0 Å². The molecule has 1 fully saturated rings. The lowest BCUT2D eigenvalue weighted by Gasteiger charge is -2.29. The summed E-state index contributed by atoms with van der Waals surface area (Å²) in [6.45, 7) is 3.47. The van der Waals surface area contributed by atoms with Crippen molar-refractivity contribution in [2.75, 3.05) is 25.5 Å². The number of aryl methyl sites for hydroxylation is 1. The first-order chi connectivity index (χ1) is 13.7. The van der Waals surface area contributed by atoms with Gasteiger partial charge in [-0.2, -0.15) is 18.2 Å². The molecule has 1 aromatic carbocycles. The molecule has 0 unspecified atom stereocenters. The van der Waals surface area contributed by atoms with E-state index in [0.717, 1.165) is 32.0 Å². The highest BCUT2D eigenvalue weighted by molar-refractivity contribution is 5.71. The number of halogens is 3. The van der Waals surface area contributed by atoms with Gasteiger partial charge in [-0.25, -0.2) is 0 Å². The molecule has 154 valence electrons. The van der Waals surface area contributed by atoms with Gasteiger partial charge < -0.3 is 15.3 Å². The lowest BCUT2D eigenvalue weighted by Crippen LogP contribution is -2.39. The predicted molar refractivity (Wildman–Crippen MR) is 102 cm³/mol. The minimum atomic E-state index is -4.53. The molecule has 0 radical (unpaired) electrons. The molecule has 0 amide bonds. The molecule has 2 aromatic heterocycles. The van der Waals surface area contributed by atoms with Crippen molar-refractivity contribution < 1.29 is 18.3 Å². The van der Waals surface area contributed by atoms with Crippen LogP contribution >= 0.6 is 0 Å². The molecule has 7 nitrogen and oxygen atoms in total. The molecular formula is C19H21F3N6O. The molecule has 1 saturated heterocycles. The molecule has 4 rings (SSSR count). The molecule has 0 spiro atoms. The summed E-state index contributed by atoms with van der Waals surface area (Å²) in [6, 6.07) is 5.23. The molecule has 10 heteroatoms. The molecule has 0 bridgehead atoms. The monoisotopic (exact) mass is 406 g/mol. The number of rotatable bonds is 3. The summed E-state index contributed by atoms with van der Waals surface area (Å²) in [7, 11) is 2.07. The summed E-state index contributed by atoms with van der Waals surface area (Å²) >= 11 is 0. The Kier molecular flexibility index (Phi) is 4.81. The number of aromatic hydroxyl groups is 1. The van der Waals surface area contributed by atoms with Crippen LogP contribution in [0.15, 0.2) is 24.3 Å². The number of benzene rings is 1. The number of phenols is 1. The number of piperidine rings is 1. The molecule has 1 aliphatic heterocycles. The number of likely N-dealkylation sites (N-methyl/N-ethyl adjacent to an activating group) is 1. The van der Waals surface area contributed by atoms with E-state index in [0.29, 0.717) is 23.4 Å². The van der Waals surface area contributed by atoms with Crippen LogP contribution in [0.2, 0.25) is 0 Å². The number of aromatic nitrogens is 4. The topological polar surface area (TPSA) is 78.6 Å². The van der Waals surface area contributed by atoms with Crippen LogP contribution in [-0.4, -0.2) is 56.0 Å². The maximum atomic E-state index is 13.0. The molecule has 0 aliphatic carbocycles. The maximum absolute atomic E-state index is 13.0. The van der Waals surface area contributed by atoms with Crippen LogP contribution in [0.3, 0.4) is 0 Å². The van der Waals surface area contributed by atoms with E-state index in [4.69, 9.17) is 0 Å². The van der Waals surface area contributed by atoms with Gasteiger partial charge in [0.05, 0.1) is 11.3 Å². The van der Waals surface area contributed by atoms with Crippen molar-refractivity contribution in [3.8, 4) is 17.0 Å². The molecule has 0 saturated carbocycles.